The first-order chi connectivity index (χ1) is 8.43. The molecule has 0 aromatic carbocycles. The molecule has 2 amide bonds. The Balaban J connectivity index is 2.61. The molecule has 6 heteroatoms. The molecule has 100 valence electrons. The number of ether oxygens (including phenoxy) is 1. The number of carbonyl (C=O) groups excluding carboxylic acids is 2. The van der Waals surface area contributed by atoms with Gasteiger partial charge in [0.2, 0.25) is 5.91 Å². The number of amides is 2. The average molecular weight is 270 g/mol. The summed E-state index contributed by atoms with van der Waals surface area (Å²) in [6, 6.07) is 1.68. The molecule has 0 aliphatic carbocycles. The fourth-order valence-electron chi connectivity index (χ4n) is 1.43. The van der Waals surface area contributed by atoms with E-state index in [1.807, 2.05) is 13.8 Å². The lowest BCUT2D eigenvalue weighted by atomic mass is 10.2. The zero-order valence-electron chi connectivity index (χ0n) is 10.8. The van der Waals surface area contributed by atoms with Gasteiger partial charge in [-0.1, -0.05) is 0 Å². The fourth-order valence-corrected chi connectivity index (χ4v) is 2.36. The highest BCUT2D eigenvalue weighted by Gasteiger charge is 2.14. The van der Waals surface area contributed by atoms with Gasteiger partial charge in [-0.05, 0) is 26.3 Å². The normalized spacial score (nSPS) is 12.2. The van der Waals surface area contributed by atoms with Gasteiger partial charge in [-0.3, -0.25) is 9.59 Å². The summed E-state index contributed by atoms with van der Waals surface area (Å²) in [6.07, 6.45) is 1.03. The van der Waals surface area contributed by atoms with Gasteiger partial charge in [0.15, 0.2) is 0 Å². The highest BCUT2D eigenvalue weighted by Crippen LogP contribution is 2.27. The maximum Gasteiger partial charge on any atom is 0.251 e. The van der Waals surface area contributed by atoms with Crippen molar-refractivity contribution in [2.75, 3.05) is 12.4 Å². The second-order valence-electron chi connectivity index (χ2n) is 4.10. The molecule has 5 nitrogen and oxygen atoms in total. The van der Waals surface area contributed by atoms with Crippen LogP contribution < -0.4 is 11.1 Å². The number of carbonyl (C=O) groups is 2. The van der Waals surface area contributed by atoms with Crippen LogP contribution >= 0.6 is 11.3 Å². The summed E-state index contributed by atoms with van der Waals surface area (Å²) in [5.41, 5.74) is 5.61. The zero-order chi connectivity index (χ0) is 13.7. The third-order valence-corrected chi connectivity index (χ3v) is 3.52. The Labute approximate surface area is 110 Å². The van der Waals surface area contributed by atoms with Gasteiger partial charge in [0.25, 0.3) is 5.91 Å². The van der Waals surface area contributed by atoms with Crippen molar-refractivity contribution in [3.05, 3.63) is 16.5 Å². The van der Waals surface area contributed by atoms with E-state index in [1.54, 1.807) is 13.2 Å². The predicted octanol–water partition coefficient (Wildman–Crippen LogP) is 1.91. The summed E-state index contributed by atoms with van der Waals surface area (Å²) in [4.78, 5) is 23.8. The molecule has 1 aromatic heterocycles. The molecule has 18 heavy (non-hydrogen) atoms. The topological polar surface area (TPSA) is 81.4 Å². The maximum atomic E-state index is 11.7. The number of nitrogens with one attached hydrogen (secondary N) is 1. The Morgan fingerprint density at radius 1 is 1.56 bits per heavy atom. The molecule has 1 rings (SSSR count). The van der Waals surface area contributed by atoms with Crippen LogP contribution in [0.2, 0.25) is 0 Å². The second-order valence-corrected chi connectivity index (χ2v) is 5.35. The summed E-state index contributed by atoms with van der Waals surface area (Å²) in [5.74, 6) is -0.664. The summed E-state index contributed by atoms with van der Waals surface area (Å²) in [5, 5.41) is 3.24. The van der Waals surface area contributed by atoms with Gasteiger partial charge in [0.1, 0.15) is 5.00 Å². The molecule has 1 atom stereocenters. The number of primary amides is 1. The maximum absolute atomic E-state index is 11.7. The van der Waals surface area contributed by atoms with Crippen LogP contribution in [0.3, 0.4) is 0 Å². The standard InChI is InChI=1S/C12H18N2O3S/c1-7(17-3)4-5-10(15)14-12-9(11(13)16)6-8(2)18-12/h6-7H,4-5H2,1-3H3,(H2,13,16)(H,14,15)/t7-/m1/s1. The van der Waals surface area contributed by atoms with Crippen LogP contribution in [-0.2, 0) is 9.53 Å². The molecule has 0 unspecified atom stereocenters. The number of rotatable bonds is 6. The van der Waals surface area contributed by atoms with Crippen LogP contribution in [0.5, 0.6) is 0 Å². The van der Waals surface area contributed by atoms with Crippen LogP contribution in [0.4, 0.5) is 5.00 Å². The van der Waals surface area contributed by atoms with E-state index in [0.29, 0.717) is 23.4 Å². The number of aryl methyl sites for hydroxylation is 1. The van der Waals surface area contributed by atoms with Gasteiger partial charge >= 0.3 is 0 Å². The molecule has 0 saturated carbocycles. The molecule has 0 aliphatic rings. The molecular formula is C12H18N2O3S. The molecular weight excluding hydrogens is 252 g/mol. The molecule has 0 bridgehead atoms. The Hall–Kier alpha value is -1.40. The Bertz CT molecular complexity index is 443. The number of hydrogen-bond donors (Lipinski definition) is 2. The number of hydrogen-bond acceptors (Lipinski definition) is 4. The first-order valence-electron chi connectivity index (χ1n) is 5.67. The van der Waals surface area contributed by atoms with E-state index in [9.17, 15) is 9.59 Å². The van der Waals surface area contributed by atoms with E-state index < -0.39 is 5.91 Å². The van der Waals surface area contributed by atoms with E-state index in [4.69, 9.17) is 10.5 Å². The van der Waals surface area contributed by atoms with Gasteiger partial charge in [-0.25, -0.2) is 0 Å². The Morgan fingerprint density at radius 2 is 2.22 bits per heavy atom. The van der Waals surface area contributed by atoms with Gasteiger partial charge in [0.05, 0.1) is 11.7 Å². The summed E-state index contributed by atoms with van der Waals surface area (Å²) in [6.45, 7) is 3.76. The molecule has 0 spiro atoms. The number of anilines is 1. The van der Waals surface area contributed by atoms with Crippen LogP contribution in [0.15, 0.2) is 6.07 Å². The van der Waals surface area contributed by atoms with E-state index in [0.717, 1.165) is 4.88 Å². The SMILES string of the molecule is CO[C@H](C)CCC(=O)Nc1sc(C)cc1C(N)=O. The molecule has 1 aromatic rings. The van der Waals surface area contributed by atoms with Crippen LogP contribution in [-0.4, -0.2) is 25.0 Å². The minimum absolute atomic E-state index is 0.0384. The quantitative estimate of drug-likeness (QED) is 0.828. The van der Waals surface area contributed by atoms with Crippen molar-refractivity contribution in [2.45, 2.75) is 32.8 Å². The smallest absolute Gasteiger partial charge is 0.251 e. The van der Waals surface area contributed by atoms with Crippen molar-refractivity contribution >= 4 is 28.2 Å². The van der Waals surface area contributed by atoms with E-state index in [-0.39, 0.29) is 12.0 Å². The second kappa shape index (κ2) is 6.51. The van der Waals surface area contributed by atoms with Gasteiger partial charge < -0.3 is 15.8 Å². The van der Waals surface area contributed by atoms with Crippen LogP contribution in [0, 0.1) is 6.92 Å². The predicted molar refractivity (Wildman–Crippen MR) is 71.9 cm³/mol. The van der Waals surface area contributed by atoms with E-state index in [2.05, 4.69) is 5.32 Å². The van der Waals surface area contributed by atoms with Crippen molar-refractivity contribution in [3.63, 3.8) is 0 Å². The van der Waals surface area contributed by atoms with Gasteiger partial charge in [0, 0.05) is 18.4 Å². The average Bonchev–Trinajstić information content (AvgIpc) is 2.67. The summed E-state index contributed by atoms with van der Waals surface area (Å²) >= 11 is 1.35. The molecule has 0 fully saturated rings. The summed E-state index contributed by atoms with van der Waals surface area (Å²) in [7, 11) is 1.61. The zero-order valence-corrected chi connectivity index (χ0v) is 11.6. The van der Waals surface area contributed by atoms with Crippen LogP contribution in [0.1, 0.15) is 35.0 Å². The van der Waals surface area contributed by atoms with Crippen molar-refractivity contribution in [2.24, 2.45) is 5.73 Å². The van der Waals surface area contributed by atoms with E-state index in [1.165, 1.54) is 11.3 Å². The van der Waals surface area contributed by atoms with Gasteiger partial charge in [-0.2, -0.15) is 0 Å². The van der Waals surface area contributed by atoms with E-state index >= 15 is 0 Å². The largest absolute Gasteiger partial charge is 0.382 e. The minimum Gasteiger partial charge on any atom is -0.382 e. The lowest BCUT2D eigenvalue weighted by Crippen LogP contribution is -2.17. The number of nitrogens with two attached hydrogens (primary N) is 1. The lowest BCUT2D eigenvalue weighted by Gasteiger charge is -2.09. The van der Waals surface area contributed by atoms with Crippen molar-refractivity contribution in [1.29, 1.82) is 0 Å². The molecule has 3 N–H and O–H groups in total. The highest BCUT2D eigenvalue weighted by molar-refractivity contribution is 7.16. The molecule has 0 aliphatic heterocycles. The summed E-state index contributed by atoms with van der Waals surface area (Å²) < 4.78 is 5.07. The fraction of sp³-hybridized carbons (Fsp3) is 0.500. The molecule has 0 radical (unpaired) electrons. The van der Waals surface area contributed by atoms with Crippen LogP contribution in [0.25, 0.3) is 0 Å². The first-order valence-corrected chi connectivity index (χ1v) is 6.48. The van der Waals surface area contributed by atoms with Crippen molar-refractivity contribution < 1.29 is 14.3 Å². The third kappa shape index (κ3) is 4.12. The van der Waals surface area contributed by atoms with Crippen molar-refractivity contribution in [3.8, 4) is 0 Å². The minimum atomic E-state index is -0.528. The molecule has 1 heterocycles. The van der Waals surface area contributed by atoms with Gasteiger partial charge in [-0.15, -0.1) is 11.3 Å². The number of methoxy groups -OCH3 is 1. The lowest BCUT2D eigenvalue weighted by molar-refractivity contribution is -0.116. The Kier molecular flexibility index (Phi) is 5.30. The third-order valence-electron chi connectivity index (χ3n) is 2.55. The molecule has 0 saturated heterocycles. The number of thiophene rings is 1. The monoisotopic (exact) mass is 270 g/mol. The highest BCUT2D eigenvalue weighted by atomic mass is 32.1. The first kappa shape index (κ1) is 14.7. The Morgan fingerprint density at radius 3 is 2.78 bits per heavy atom. The van der Waals surface area contributed by atoms with Crippen molar-refractivity contribution in [1.82, 2.24) is 0 Å².